The van der Waals surface area contributed by atoms with Gasteiger partial charge in [-0.2, -0.15) is 0 Å². The zero-order valence-corrected chi connectivity index (χ0v) is 13.2. The average molecular weight is 305 g/mol. The van der Waals surface area contributed by atoms with Gasteiger partial charge in [-0.1, -0.05) is 6.07 Å². The molecule has 1 saturated heterocycles. The molecule has 1 N–H and O–H groups in total. The summed E-state index contributed by atoms with van der Waals surface area (Å²) in [6.45, 7) is 0.930. The van der Waals surface area contributed by atoms with Crippen LogP contribution in [-0.2, 0) is 9.84 Å². The Kier molecular flexibility index (Phi) is 6.99. The van der Waals surface area contributed by atoms with Crippen molar-refractivity contribution in [1.29, 1.82) is 0 Å². The maximum Gasteiger partial charge on any atom is 0.150 e. The first-order chi connectivity index (χ1) is 8.91. The molecule has 2 heterocycles. The van der Waals surface area contributed by atoms with Crippen molar-refractivity contribution in [2.24, 2.45) is 0 Å². The largest absolute Gasteiger partial charge is 0.388 e. The van der Waals surface area contributed by atoms with Gasteiger partial charge >= 0.3 is 0 Å². The third kappa shape index (κ3) is 7.06. The highest BCUT2D eigenvalue weighted by atomic mass is 32.2. The molecule has 0 saturated carbocycles. The van der Waals surface area contributed by atoms with E-state index in [-0.39, 0.29) is 6.10 Å². The predicted octanol–water partition coefficient (Wildman–Crippen LogP) is 1.93. The van der Waals surface area contributed by atoms with Crippen LogP contribution in [-0.4, -0.2) is 50.6 Å². The second kappa shape index (κ2) is 7.99. The summed E-state index contributed by atoms with van der Waals surface area (Å²) in [5.41, 5.74) is 0. The first-order valence-corrected chi connectivity index (χ1v) is 9.17. The molecule has 1 unspecified atom stereocenters. The number of aliphatic hydroxyl groups excluding tert-OH is 1. The SMILES string of the molecule is CN(C)CCC(O)c1cccs1.O=S1(=O)CCCC1. The Bertz CT molecular complexity index is 428. The van der Waals surface area contributed by atoms with Gasteiger partial charge in [0.1, 0.15) is 9.84 Å². The van der Waals surface area contributed by atoms with E-state index in [4.69, 9.17) is 0 Å². The van der Waals surface area contributed by atoms with Crippen molar-refractivity contribution in [3.8, 4) is 0 Å². The molecule has 1 aliphatic heterocycles. The fourth-order valence-corrected chi connectivity index (χ4v) is 3.99. The van der Waals surface area contributed by atoms with Gasteiger partial charge in [0, 0.05) is 11.4 Å². The second-order valence-electron chi connectivity index (χ2n) is 4.98. The molecule has 1 aromatic rings. The molecule has 4 nitrogen and oxygen atoms in total. The van der Waals surface area contributed by atoms with Crippen LogP contribution < -0.4 is 0 Å². The van der Waals surface area contributed by atoms with Gasteiger partial charge in [0.05, 0.1) is 17.6 Å². The number of aliphatic hydroxyl groups is 1. The summed E-state index contributed by atoms with van der Waals surface area (Å²) in [4.78, 5) is 3.15. The first-order valence-electron chi connectivity index (χ1n) is 6.47. The van der Waals surface area contributed by atoms with E-state index in [0.717, 1.165) is 30.7 Å². The summed E-state index contributed by atoms with van der Waals surface area (Å²) in [7, 11) is 1.48. The normalized spacial score (nSPS) is 18.9. The lowest BCUT2D eigenvalue weighted by Gasteiger charge is -2.12. The average Bonchev–Trinajstić information content (AvgIpc) is 2.97. The van der Waals surface area contributed by atoms with Crippen molar-refractivity contribution in [1.82, 2.24) is 4.90 Å². The molecule has 19 heavy (non-hydrogen) atoms. The third-order valence-corrected chi connectivity index (χ3v) is 5.68. The maximum absolute atomic E-state index is 10.4. The molecule has 0 aromatic carbocycles. The van der Waals surface area contributed by atoms with Gasteiger partial charge in [-0.25, -0.2) is 8.42 Å². The molecule has 0 spiro atoms. The number of hydrogen-bond acceptors (Lipinski definition) is 5. The van der Waals surface area contributed by atoms with E-state index in [2.05, 4.69) is 4.90 Å². The van der Waals surface area contributed by atoms with Crippen LogP contribution >= 0.6 is 11.3 Å². The fraction of sp³-hybridized carbons (Fsp3) is 0.692. The molecule has 0 bridgehead atoms. The van der Waals surface area contributed by atoms with Gasteiger partial charge in [0.25, 0.3) is 0 Å². The van der Waals surface area contributed by atoms with Crippen molar-refractivity contribution in [2.45, 2.75) is 25.4 Å². The molecule has 110 valence electrons. The zero-order chi connectivity index (χ0) is 14.3. The van der Waals surface area contributed by atoms with Crippen molar-refractivity contribution in [3.63, 3.8) is 0 Å². The summed E-state index contributed by atoms with van der Waals surface area (Å²) in [5.74, 6) is 0.847. The third-order valence-electron chi connectivity index (χ3n) is 2.88. The van der Waals surface area contributed by atoms with Gasteiger partial charge in [0.15, 0.2) is 0 Å². The van der Waals surface area contributed by atoms with Crippen LogP contribution in [0.5, 0.6) is 0 Å². The number of hydrogen-bond donors (Lipinski definition) is 1. The van der Waals surface area contributed by atoms with E-state index in [9.17, 15) is 13.5 Å². The summed E-state index contributed by atoms with van der Waals surface area (Å²) < 4.78 is 20.9. The molecule has 0 aliphatic carbocycles. The predicted molar refractivity (Wildman–Crippen MR) is 80.3 cm³/mol. The van der Waals surface area contributed by atoms with Gasteiger partial charge in [-0.15, -0.1) is 11.3 Å². The molecule has 1 atom stereocenters. The molecule has 1 fully saturated rings. The van der Waals surface area contributed by atoms with Crippen LogP contribution in [0.2, 0.25) is 0 Å². The molecule has 0 amide bonds. The minimum atomic E-state index is -2.55. The standard InChI is InChI=1S/C9H15NOS.C4H8O2S/c1-10(2)6-5-8(11)9-4-3-7-12-9;5-7(6)3-1-2-4-7/h3-4,7-8,11H,5-6H2,1-2H3;1-4H2. The van der Waals surface area contributed by atoms with Crippen LogP contribution in [0.3, 0.4) is 0 Å². The number of sulfone groups is 1. The van der Waals surface area contributed by atoms with Crippen molar-refractivity contribution in [2.75, 3.05) is 32.1 Å². The highest BCUT2D eigenvalue weighted by Crippen LogP contribution is 2.21. The van der Waals surface area contributed by atoms with Crippen molar-refractivity contribution < 1.29 is 13.5 Å². The number of nitrogens with zero attached hydrogens (tertiary/aromatic N) is 1. The van der Waals surface area contributed by atoms with Crippen molar-refractivity contribution >= 4 is 21.2 Å². The fourth-order valence-electron chi connectivity index (χ4n) is 1.75. The Labute approximate surface area is 120 Å². The van der Waals surface area contributed by atoms with E-state index >= 15 is 0 Å². The van der Waals surface area contributed by atoms with Crippen LogP contribution in [0.4, 0.5) is 0 Å². The summed E-state index contributed by atoms with van der Waals surface area (Å²) >= 11 is 1.61. The summed E-state index contributed by atoms with van der Waals surface area (Å²) in [6.07, 6.45) is 2.28. The number of thiophene rings is 1. The lowest BCUT2D eigenvalue weighted by molar-refractivity contribution is 0.158. The van der Waals surface area contributed by atoms with Crippen molar-refractivity contribution in [3.05, 3.63) is 22.4 Å². The second-order valence-corrected chi connectivity index (χ2v) is 8.27. The highest BCUT2D eigenvalue weighted by Gasteiger charge is 2.16. The molecular weight excluding hydrogens is 282 g/mol. The molecule has 1 aliphatic rings. The van der Waals surface area contributed by atoms with Crippen LogP contribution in [0.25, 0.3) is 0 Å². The molecule has 1 aromatic heterocycles. The van der Waals surface area contributed by atoms with Gasteiger partial charge in [0.2, 0.25) is 0 Å². The Hall–Kier alpha value is -0.430. The first kappa shape index (κ1) is 16.6. The molecule has 0 radical (unpaired) electrons. The van der Waals surface area contributed by atoms with Gasteiger partial charge in [-0.05, 0) is 44.8 Å². The zero-order valence-electron chi connectivity index (χ0n) is 11.6. The molecular formula is C13H23NO3S2. The van der Waals surface area contributed by atoms with E-state index in [1.807, 2.05) is 31.6 Å². The maximum atomic E-state index is 10.4. The summed E-state index contributed by atoms with van der Waals surface area (Å²) in [6, 6.07) is 3.95. The van der Waals surface area contributed by atoms with Crippen LogP contribution in [0.1, 0.15) is 30.2 Å². The Morgan fingerprint density at radius 2 is 2.00 bits per heavy atom. The van der Waals surface area contributed by atoms with Gasteiger partial charge < -0.3 is 10.0 Å². The molecule has 2 rings (SSSR count). The monoisotopic (exact) mass is 305 g/mol. The van der Waals surface area contributed by atoms with Crippen LogP contribution in [0.15, 0.2) is 17.5 Å². The van der Waals surface area contributed by atoms with Gasteiger partial charge in [-0.3, -0.25) is 0 Å². The Balaban J connectivity index is 0.000000218. The van der Waals surface area contributed by atoms with Crippen LogP contribution in [0, 0.1) is 0 Å². The minimum absolute atomic E-state index is 0.285. The Morgan fingerprint density at radius 1 is 1.37 bits per heavy atom. The van der Waals surface area contributed by atoms with E-state index in [1.54, 1.807) is 11.3 Å². The minimum Gasteiger partial charge on any atom is -0.388 e. The smallest absolute Gasteiger partial charge is 0.150 e. The quantitative estimate of drug-likeness (QED) is 0.923. The lowest BCUT2D eigenvalue weighted by Crippen LogP contribution is -2.15. The Morgan fingerprint density at radius 3 is 2.37 bits per heavy atom. The lowest BCUT2D eigenvalue weighted by atomic mass is 10.2. The topological polar surface area (TPSA) is 57.6 Å². The summed E-state index contributed by atoms with van der Waals surface area (Å²) in [5, 5.41) is 11.6. The molecule has 6 heteroatoms. The number of rotatable bonds is 4. The van der Waals surface area contributed by atoms with E-state index in [0.29, 0.717) is 11.5 Å². The highest BCUT2D eigenvalue weighted by molar-refractivity contribution is 7.91. The van der Waals surface area contributed by atoms with E-state index in [1.165, 1.54) is 0 Å². The van der Waals surface area contributed by atoms with E-state index < -0.39 is 9.84 Å².